The Labute approximate surface area is 110 Å². The second kappa shape index (κ2) is 6.87. The van der Waals surface area contributed by atoms with E-state index in [1.54, 1.807) is 0 Å². The molecule has 102 valence electrons. The maximum absolute atomic E-state index is 11.8. The van der Waals surface area contributed by atoms with Crippen molar-refractivity contribution >= 4 is 10.0 Å². The first kappa shape index (κ1) is 15.1. The monoisotopic (exact) mass is 270 g/mol. The van der Waals surface area contributed by atoms with Gasteiger partial charge in [0.15, 0.2) is 0 Å². The van der Waals surface area contributed by atoms with Gasteiger partial charge in [-0.3, -0.25) is 0 Å². The molecule has 0 aliphatic carbocycles. The highest BCUT2D eigenvalue weighted by Gasteiger charge is 2.18. The summed E-state index contributed by atoms with van der Waals surface area (Å²) in [5.41, 5.74) is 6.72. The number of nitrogens with one attached hydrogen (secondary N) is 1. The van der Waals surface area contributed by atoms with E-state index in [2.05, 4.69) is 4.72 Å². The van der Waals surface area contributed by atoms with Crippen molar-refractivity contribution in [3.05, 3.63) is 35.9 Å². The van der Waals surface area contributed by atoms with Crippen molar-refractivity contribution in [3.63, 3.8) is 0 Å². The zero-order valence-electron chi connectivity index (χ0n) is 11.0. The molecular formula is C13H22N2O2S. The average molecular weight is 270 g/mol. The van der Waals surface area contributed by atoms with Gasteiger partial charge in [-0.1, -0.05) is 44.2 Å². The van der Waals surface area contributed by atoms with Gasteiger partial charge in [0.1, 0.15) is 0 Å². The van der Waals surface area contributed by atoms with E-state index in [0.717, 1.165) is 5.56 Å². The van der Waals surface area contributed by atoms with Crippen LogP contribution in [0.3, 0.4) is 0 Å². The van der Waals surface area contributed by atoms with Crippen LogP contribution in [0.25, 0.3) is 0 Å². The number of rotatable bonds is 7. The Morgan fingerprint density at radius 1 is 1.22 bits per heavy atom. The summed E-state index contributed by atoms with van der Waals surface area (Å²) in [6, 6.07) is 9.51. The largest absolute Gasteiger partial charge is 0.329 e. The van der Waals surface area contributed by atoms with Crippen molar-refractivity contribution in [3.8, 4) is 0 Å². The molecule has 1 rings (SSSR count). The second-order valence-electron chi connectivity index (χ2n) is 4.92. The summed E-state index contributed by atoms with van der Waals surface area (Å²) < 4.78 is 26.3. The lowest BCUT2D eigenvalue weighted by Gasteiger charge is -2.18. The topological polar surface area (TPSA) is 72.2 Å². The lowest BCUT2D eigenvalue weighted by molar-refractivity contribution is 0.538. The van der Waals surface area contributed by atoms with Crippen LogP contribution in [-0.4, -0.2) is 26.8 Å². The Morgan fingerprint density at radius 3 is 2.33 bits per heavy atom. The van der Waals surface area contributed by atoms with Crippen LogP contribution in [0.1, 0.15) is 19.4 Å². The first-order chi connectivity index (χ1) is 8.43. The minimum absolute atomic E-state index is 0.109. The van der Waals surface area contributed by atoms with Crippen molar-refractivity contribution in [1.29, 1.82) is 0 Å². The van der Waals surface area contributed by atoms with Gasteiger partial charge in [-0.25, -0.2) is 13.1 Å². The van der Waals surface area contributed by atoms with Gasteiger partial charge in [0.2, 0.25) is 10.0 Å². The maximum atomic E-state index is 11.8. The minimum atomic E-state index is -3.24. The third-order valence-electron chi connectivity index (χ3n) is 2.51. The highest BCUT2D eigenvalue weighted by atomic mass is 32.2. The van der Waals surface area contributed by atoms with Crippen LogP contribution in [0.15, 0.2) is 30.3 Å². The molecule has 0 aromatic heterocycles. The number of nitrogens with two attached hydrogens (primary N) is 1. The molecule has 1 unspecified atom stereocenters. The SMILES string of the molecule is CC(C)CS(=O)(=O)NC(CN)Cc1ccccc1. The standard InChI is InChI=1S/C13H22N2O2S/c1-11(2)10-18(16,17)15-13(9-14)8-12-6-4-3-5-7-12/h3-7,11,13,15H,8-10,14H2,1-2H3. The Kier molecular flexibility index (Phi) is 5.78. The third kappa shape index (κ3) is 5.62. The normalized spacial score (nSPS) is 13.8. The fourth-order valence-corrected chi connectivity index (χ4v) is 3.47. The van der Waals surface area contributed by atoms with Gasteiger partial charge < -0.3 is 5.73 Å². The first-order valence-electron chi connectivity index (χ1n) is 6.17. The average Bonchev–Trinajstić information content (AvgIpc) is 2.27. The molecule has 0 saturated heterocycles. The summed E-state index contributed by atoms with van der Waals surface area (Å²) in [5.74, 6) is 0.246. The molecule has 0 aliphatic rings. The van der Waals surface area contributed by atoms with E-state index < -0.39 is 10.0 Å². The lowest BCUT2D eigenvalue weighted by atomic mass is 10.1. The highest BCUT2D eigenvalue weighted by Crippen LogP contribution is 2.05. The van der Waals surface area contributed by atoms with E-state index in [0.29, 0.717) is 13.0 Å². The minimum Gasteiger partial charge on any atom is -0.329 e. The van der Waals surface area contributed by atoms with Crippen molar-refractivity contribution in [1.82, 2.24) is 4.72 Å². The van der Waals surface area contributed by atoms with E-state index in [9.17, 15) is 8.42 Å². The third-order valence-corrected chi connectivity index (χ3v) is 4.31. The van der Waals surface area contributed by atoms with Crippen LogP contribution in [0.4, 0.5) is 0 Å². The molecule has 1 aromatic carbocycles. The second-order valence-corrected chi connectivity index (χ2v) is 6.71. The molecule has 1 atom stereocenters. The van der Waals surface area contributed by atoms with Crippen LogP contribution in [0.2, 0.25) is 0 Å². The molecule has 1 aromatic rings. The van der Waals surface area contributed by atoms with Gasteiger partial charge in [0, 0.05) is 12.6 Å². The summed E-state index contributed by atoms with van der Waals surface area (Å²) in [6.07, 6.45) is 0.620. The van der Waals surface area contributed by atoms with Gasteiger partial charge in [-0.05, 0) is 17.9 Å². The Bertz CT molecular complexity index is 443. The van der Waals surface area contributed by atoms with Crippen LogP contribution in [0.5, 0.6) is 0 Å². The van der Waals surface area contributed by atoms with Crippen molar-refractivity contribution < 1.29 is 8.42 Å². The zero-order valence-corrected chi connectivity index (χ0v) is 11.8. The summed E-state index contributed by atoms with van der Waals surface area (Å²) in [7, 11) is -3.24. The summed E-state index contributed by atoms with van der Waals surface area (Å²) in [5, 5.41) is 0. The van der Waals surface area contributed by atoms with Crippen molar-refractivity contribution in [2.75, 3.05) is 12.3 Å². The maximum Gasteiger partial charge on any atom is 0.212 e. The smallest absolute Gasteiger partial charge is 0.212 e. The van der Waals surface area contributed by atoms with E-state index in [-0.39, 0.29) is 17.7 Å². The molecule has 0 spiro atoms. The van der Waals surface area contributed by atoms with Gasteiger partial charge in [0.05, 0.1) is 5.75 Å². The number of hydrogen-bond donors (Lipinski definition) is 2. The van der Waals surface area contributed by atoms with Crippen molar-refractivity contribution in [2.24, 2.45) is 11.7 Å². The van der Waals surface area contributed by atoms with Gasteiger partial charge in [-0.2, -0.15) is 0 Å². The van der Waals surface area contributed by atoms with Crippen LogP contribution in [0, 0.1) is 5.92 Å². The zero-order chi connectivity index (χ0) is 13.6. The highest BCUT2D eigenvalue weighted by molar-refractivity contribution is 7.89. The molecule has 4 nitrogen and oxygen atoms in total. The molecule has 5 heteroatoms. The van der Waals surface area contributed by atoms with Gasteiger partial charge in [0.25, 0.3) is 0 Å². The fraction of sp³-hybridized carbons (Fsp3) is 0.538. The molecule has 0 saturated carbocycles. The summed E-state index contributed by atoms with van der Waals surface area (Å²) in [6.45, 7) is 4.06. The molecule has 0 amide bonds. The predicted molar refractivity (Wildman–Crippen MR) is 74.7 cm³/mol. The molecule has 18 heavy (non-hydrogen) atoms. The molecule has 0 heterocycles. The van der Waals surface area contributed by atoms with Crippen LogP contribution >= 0.6 is 0 Å². The van der Waals surface area contributed by atoms with Crippen molar-refractivity contribution in [2.45, 2.75) is 26.3 Å². The molecule has 0 fully saturated rings. The van der Waals surface area contributed by atoms with E-state index in [4.69, 9.17) is 5.73 Å². The van der Waals surface area contributed by atoms with Crippen LogP contribution in [-0.2, 0) is 16.4 Å². The summed E-state index contributed by atoms with van der Waals surface area (Å²) in [4.78, 5) is 0. The number of benzene rings is 1. The van der Waals surface area contributed by atoms with Gasteiger partial charge >= 0.3 is 0 Å². The molecule has 0 radical (unpaired) electrons. The predicted octanol–water partition coefficient (Wildman–Crippen LogP) is 1.13. The molecule has 0 bridgehead atoms. The number of sulfonamides is 1. The van der Waals surface area contributed by atoms with Gasteiger partial charge in [-0.15, -0.1) is 0 Å². The lowest BCUT2D eigenvalue weighted by Crippen LogP contribution is -2.43. The first-order valence-corrected chi connectivity index (χ1v) is 7.82. The Morgan fingerprint density at radius 2 is 1.83 bits per heavy atom. The quantitative estimate of drug-likeness (QED) is 0.780. The van der Waals surface area contributed by atoms with E-state index in [1.165, 1.54) is 0 Å². The molecule has 0 aliphatic heterocycles. The molecule has 3 N–H and O–H groups in total. The molecular weight excluding hydrogens is 248 g/mol. The Balaban J connectivity index is 2.63. The summed E-state index contributed by atoms with van der Waals surface area (Å²) >= 11 is 0. The van der Waals surface area contributed by atoms with E-state index >= 15 is 0 Å². The Hall–Kier alpha value is -0.910. The fourth-order valence-electron chi connectivity index (χ4n) is 1.81. The number of hydrogen-bond acceptors (Lipinski definition) is 3. The van der Waals surface area contributed by atoms with Crippen LogP contribution < -0.4 is 10.5 Å². The van der Waals surface area contributed by atoms with E-state index in [1.807, 2.05) is 44.2 Å².